The summed E-state index contributed by atoms with van der Waals surface area (Å²) in [7, 11) is 0. The van der Waals surface area contributed by atoms with E-state index in [0.29, 0.717) is 5.69 Å². The molecular weight excluding hydrogens is 304 g/mol. The second-order valence-electron chi connectivity index (χ2n) is 5.65. The fourth-order valence-electron chi connectivity index (χ4n) is 2.36. The van der Waals surface area contributed by atoms with Crippen molar-refractivity contribution in [1.29, 1.82) is 0 Å². The van der Waals surface area contributed by atoms with E-state index >= 15 is 0 Å². The van der Waals surface area contributed by atoms with Gasteiger partial charge in [-0.05, 0) is 36.8 Å². The number of benzene rings is 1. The van der Waals surface area contributed by atoms with Crippen LogP contribution in [0.2, 0.25) is 0 Å². The number of carbonyl (C=O) groups excluding carboxylic acids is 1. The van der Waals surface area contributed by atoms with Crippen molar-refractivity contribution in [1.82, 2.24) is 9.97 Å². The van der Waals surface area contributed by atoms with Crippen molar-refractivity contribution in [3.8, 4) is 17.0 Å². The molecule has 0 saturated heterocycles. The summed E-state index contributed by atoms with van der Waals surface area (Å²) in [4.78, 5) is 19.2. The van der Waals surface area contributed by atoms with Gasteiger partial charge in [-0.2, -0.15) is 0 Å². The lowest BCUT2D eigenvalue weighted by Gasteiger charge is -2.08. The first-order valence-corrected chi connectivity index (χ1v) is 8.27. The van der Waals surface area contributed by atoms with Crippen LogP contribution in [0.25, 0.3) is 11.3 Å². The minimum Gasteiger partial charge on any atom is -0.494 e. The van der Waals surface area contributed by atoms with Gasteiger partial charge in [0.05, 0.1) is 12.3 Å². The molecule has 2 rings (SSSR count). The third kappa shape index (κ3) is 5.22. The zero-order valence-electron chi connectivity index (χ0n) is 14.0. The average Bonchev–Trinajstić information content (AvgIpc) is 2.58. The molecule has 0 spiro atoms. The van der Waals surface area contributed by atoms with E-state index < -0.39 is 5.91 Å². The van der Waals surface area contributed by atoms with Crippen LogP contribution in [0.3, 0.4) is 0 Å². The predicted octanol–water partition coefficient (Wildman–Crippen LogP) is 3.17. The molecule has 0 unspecified atom stereocenters. The molecule has 0 radical (unpaired) electrons. The maximum atomic E-state index is 11.3. The number of nitrogens with zero attached hydrogens (tertiary/aromatic N) is 2. The number of hydrogen-bond acceptors (Lipinski definition) is 5. The van der Waals surface area contributed by atoms with Gasteiger partial charge in [-0.1, -0.05) is 32.6 Å². The summed E-state index contributed by atoms with van der Waals surface area (Å²) in [5, 5.41) is 0. The number of carbonyl (C=O) groups is 1. The molecule has 1 aromatic carbocycles. The van der Waals surface area contributed by atoms with E-state index in [1.165, 1.54) is 31.7 Å². The smallest absolute Gasteiger partial charge is 0.267 e. The van der Waals surface area contributed by atoms with Crippen LogP contribution in [-0.2, 0) is 0 Å². The Bertz CT molecular complexity index is 671. The first-order chi connectivity index (χ1) is 11.6. The minimum atomic E-state index is -0.631. The molecule has 0 aliphatic heterocycles. The van der Waals surface area contributed by atoms with E-state index in [4.69, 9.17) is 16.2 Å². The monoisotopic (exact) mass is 328 g/mol. The van der Waals surface area contributed by atoms with Crippen LogP contribution in [0.4, 0.5) is 5.95 Å². The summed E-state index contributed by atoms with van der Waals surface area (Å²) in [5.41, 5.74) is 12.4. The first-order valence-electron chi connectivity index (χ1n) is 8.27. The van der Waals surface area contributed by atoms with Crippen molar-refractivity contribution >= 4 is 11.9 Å². The summed E-state index contributed by atoms with van der Waals surface area (Å²) < 4.78 is 5.73. The Morgan fingerprint density at radius 3 is 2.46 bits per heavy atom. The van der Waals surface area contributed by atoms with Crippen LogP contribution in [0.15, 0.2) is 30.3 Å². The fraction of sp³-hybridized carbons (Fsp3) is 0.389. The van der Waals surface area contributed by atoms with Crippen LogP contribution in [0, 0.1) is 0 Å². The lowest BCUT2D eigenvalue weighted by atomic mass is 10.1. The number of hydrogen-bond donors (Lipinski definition) is 2. The Morgan fingerprint density at radius 1 is 1.08 bits per heavy atom. The molecule has 2 aromatic rings. The van der Waals surface area contributed by atoms with E-state index in [9.17, 15) is 4.79 Å². The van der Waals surface area contributed by atoms with Gasteiger partial charge >= 0.3 is 0 Å². The number of anilines is 1. The largest absolute Gasteiger partial charge is 0.494 e. The standard InChI is InChI=1S/C18H24N4O2/c1-2-3-4-5-6-11-24-14-9-7-13(8-10-14)15-12-16(17(19)23)22-18(20)21-15/h7-10,12H,2-6,11H2,1H3,(H2,19,23)(H2,20,21,22). The fourth-order valence-corrected chi connectivity index (χ4v) is 2.36. The summed E-state index contributed by atoms with van der Waals surface area (Å²) in [6.07, 6.45) is 6.04. The lowest BCUT2D eigenvalue weighted by Crippen LogP contribution is -2.15. The molecule has 0 aliphatic rings. The molecular formula is C18H24N4O2. The predicted molar refractivity (Wildman–Crippen MR) is 94.7 cm³/mol. The molecule has 1 amide bonds. The van der Waals surface area contributed by atoms with Gasteiger partial charge < -0.3 is 16.2 Å². The summed E-state index contributed by atoms with van der Waals surface area (Å²) >= 11 is 0. The Morgan fingerprint density at radius 2 is 1.79 bits per heavy atom. The Hall–Kier alpha value is -2.63. The Kier molecular flexibility index (Phi) is 6.54. The number of aromatic nitrogens is 2. The van der Waals surface area contributed by atoms with Gasteiger partial charge in [-0.3, -0.25) is 4.79 Å². The third-order valence-corrected chi connectivity index (χ3v) is 3.66. The maximum absolute atomic E-state index is 11.3. The van der Waals surface area contributed by atoms with Gasteiger partial charge in [-0.25, -0.2) is 9.97 Å². The van der Waals surface area contributed by atoms with Crippen LogP contribution >= 0.6 is 0 Å². The summed E-state index contributed by atoms with van der Waals surface area (Å²) in [6, 6.07) is 9.04. The molecule has 128 valence electrons. The van der Waals surface area contributed by atoms with Gasteiger partial charge in [0.1, 0.15) is 11.4 Å². The normalized spacial score (nSPS) is 10.5. The van der Waals surface area contributed by atoms with Crippen molar-refractivity contribution in [2.45, 2.75) is 39.0 Å². The topological polar surface area (TPSA) is 104 Å². The second-order valence-corrected chi connectivity index (χ2v) is 5.65. The highest BCUT2D eigenvalue weighted by Gasteiger charge is 2.09. The molecule has 4 N–H and O–H groups in total. The number of rotatable bonds is 9. The molecule has 1 aromatic heterocycles. The zero-order valence-corrected chi connectivity index (χ0v) is 14.0. The van der Waals surface area contributed by atoms with E-state index in [1.807, 2.05) is 24.3 Å². The van der Waals surface area contributed by atoms with Crippen molar-refractivity contribution < 1.29 is 9.53 Å². The average molecular weight is 328 g/mol. The number of nitrogen functional groups attached to an aromatic ring is 1. The van der Waals surface area contributed by atoms with E-state index in [-0.39, 0.29) is 11.6 Å². The molecule has 0 atom stereocenters. The van der Waals surface area contributed by atoms with Gasteiger partial charge in [0.2, 0.25) is 5.95 Å². The van der Waals surface area contributed by atoms with E-state index in [1.54, 1.807) is 0 Å². The van der Waals surface area contributed by atoms with E-state index in [0.717, 1.165) is 24.3 Å². The third-order valence-electron chi connectivity index (χ3n) is 3.66. The van der Waals surface area contributed by atoms with Gasteiger partial charge in [0.15, 0.2) is 0 Å². The van der Waals surface area contributed by atoms with Crippen molar-refractivity contribution in [3.05, 3.63) is 36.0 Å². The Balaban J connectivity index is 1.96. The maximum Gasteiger partial charge on any atom is 0.267 e. The number of nitrogens with two attached hydrogens (primary N) is 2. The van der Waals surface area contributed by atoms with Gasteiger partial charge in [-0.15, -0.1) is 0 Å². The van der Waals surface area contributed by atoms with Gasteiger partial charge in [0.25, 0.3) is 5.91 Å². The van der Waals surface area contributed by atoms with Crippen molar-refractivity contribution in [3.63, 3.8) is 0 Å². The molecule has 6 heteroatoms. The zero-order chi connectivity index (χ0) is 17.4. The molecule has 0 fully saturated rings. The highest BCUT2D eigenvalue weighted by Crippen LogP contribution is 2.22. The molecule has 1 heterocycles. The quantitative estimate of drug-likeness (QED) is 0.688. The number of amides is 1. The molecule has 0 bridgehead atoms. The van der Waals surface area contributed by atoms with Crippen LogP contribution < -0.4 is 16.2 Å². The van der Waals surface area contributed by atoms with Crippen molar-refractivity contribution in [2.24, 2.45) is 5.73 Å². The van der Waals surface area contributed by atoms with Crippen LogP contribution in [0.5, 0.6) is 5.75 Å². The number of primary amides is 1. The van der Waals surface area contributed by atoms with E-state index in [2.05, 4.69) is 16.9 Å². The van der Waals surface area contributed by atoms with Crippen LogP contribution in [0.1, 0.15) is 49.5 Å². The molecule has 0 aliphatic carbocycles. The SMILES string of the molecule is CCCCCCCOc1ccc(-c2cc(C(N)=O)nc(N)n2)cc1. The minimum absolute atomic E-state index is 0.0219. The van der Waals surface area contributed by atoms with Crippen molar-refractivity contribution in [2.75, 3.05) is 12.3 Å². The first kappa shape index (κ1) is 17.7. The summed E-state index contributed by atoms with van der Waals surface area (Å²) in [6.45, 7) is 2.92. The molecule has 0 saturated carbocycles. The van der Waals surface area contributed by atoms with Gasteiger partial charge in [0, 0.05) is 5.56 Å². The summed E-state index contributed by atoms with van der Waals surface area (Å²) in [5.74, 6) is 0.202. The second kappa shape index (κ2) is 8.86. The number of unbranched alkanes of at least 4 members (excludes halogenated alkanes) is 4. The lowest BCUT2D eigenvalue weighted by molar-refractivity contribution is 0.0995. The Labute approximate surface area is 142 Å². The van der Waals surface area contributed by atoms with Crippen LogP contribution in [-0.4, -0.2) is 22.5 Å². The highest BCUT2D eigenvalue weighted by molar-refractivity contribution is 5.92. The number of ether oxygens (including phenoxy) is 1. The molecule has 6 nitrogen and oxygen atoms in total. The molecule has 24 heavy (non-hydrogen) atoms. The highest BCUT2D eigenvalue weighted by atomic mass is 16.5.